The number of rotatable bonds is 4. The zero-order chi connectivity index (χ0) is 17.1. The molecule has 0 aliphatic rings. The lowest BCUT2D eigenvalue weighted by Crippen LogP contribution is -1.92. The summed E-state index contributed by atoms with van der Waals surface area (Å²) in [5, 5.41) is 17.0. The molecule has 0 amide bonds. The van der Waals surface area contributed by atoms with E-state index in [1.807, 2.05) is 35.7 Å². The first kappa shape index (κ1) is 17.2. The number of phenolic OH excluding ortho intramolecular Hbond substituents is 1. The Labute approximate surface area is 160 Å². The van der Waals surface area contributed by atoms with Crippen molar-refractivity contribution < 1.29 is 5.11 Å². The third-order valence-corrected chi connectivity index (χ3v) is 5.56. The molecule has 2 N–H and O–H groups in total. The van der Waals surface area contributed by atoms with Crippen molar-refractivity contribution in [2.24, 2.45) is 5.10 Å². The molecule has 8 heteroatoms. The molecule has 4 nitrogen and oxygen atoms in total. The molecule has 0 unspecified atom stereocenters. The molecule has 0 radical (unpaired) electrons. The zero-order valence-electron chi connectivity index (χ0n) is 12.0. The fraction of sp³-hybridized carbons (Fsp3) is 0. The van der Waals surface area contributed by atoms with Crippen LogP contribution in [0.15, 0.2) is 51.4 Å². The Morgan fingerprint density at radius 2 is 1.96 bits per heavy atom. The van der Waals surface area contributed by atoms with Gasteiger partial charge in [0.05, 0.1) is 16.9 Å². The Morgan fingerprint density at radius 1 is 1.21 bits per heavy atom. The molecule has 3 rings (SSSR count). The lowest BCUT2D eigenvalue weighted by Gasteiger charge is -2.05. The van der Waals surface area contributed by atoms with Gasteiger partial charge in [-0.1, -0.05) is 53.5 Å². The zero-order valence-corrected chi connectivity index (χ0v) is 15.9. The third-order valence-electron chi connectivity index (χ3n) is 3.10. The predicted molar refractivity (Wildman–Crippen MR) is 105 cm³/mol. The van der Waals surface area contributed by atoms with Crippen LogP contribution in [0.3, 0.4) is 0 Å². The van der Waals surface area contributed by atoms with Gasteiger partial charge in [-0.3, -0.25) is 5.43 Å². The van der Waals surface area contributed by atoms with E-state index in [4.69, 9.17) is 23.2 Å². The molecule has 0 aliphatic carbocycles. The summed E-state index contributed by atoms with van der Waals surface area (Å²) >= 11 is 16.6. The number of hydrogen-bond donors (Lipinski definition) is 2. The molecule has 1 aromatic heterocycles. The standard InChI is InChI=1S/C16H10BrCl2N3OS/c17-11-6-10(15(23)14(19)13(11)18)7-20-22-16-21-12(8-24-16)9-4-2-1-3-5-9/h1-8,23H,(H,21,22). The number of aromatic hydroxyl groups is 1. The van der Waals surface area contributed by atoms with Crippen molar-refractivity contribution in [1.82, 2.24) is 4.98 Å². The average Bonchev–Trinajstić information content (AvgIpc) is 3.07. The molecule has 0 aliphatic heterocycles. The van der Waals surface area contributed by atoms with Crippen molar-refractivity contribution in [1.29, 1.82) is 0 Å². The molecule has 1 heterocycles. The van der Waals surface area contributed by atoms with Gasteiger partial charge in [0.25, 0.3) is 0 Å². The lowest BCUT2D eigenvalue weighted by atomic mass is 10.2. The summed E-state index contributed by atoms with van der Waals surface area (Å²) < 4.78 is 0.578. The van der Waals surface area contributed by atoms with Crippen LogP contribution in [0.2, 0.25) is 10.0 Å². The maximum atomic E-state index is 9.98. The third kappa shape index (κ3) is 3.72. The summed E-state index contributed by atoms with van der Waals surface area (Å²) in [5.74, 6) is -0.125. The van der Waals surface area contributed by atoms with E-state index in [0.717, 1.165) is 11.3 Å². The summed E-state index contributed by atoms with van der Waals surface area (Å²) in [5.41, 5.74) is 5.18. The molecule has 0 spiro atoms. The minimum absolute atomic E-state index is 0.0769. The smallest absolute Gasteiger partial charge is 0.203 e. The molecular weight excluding hydrogens is 433 g/mol. The molecule has 0 saturated carbocycles. The Hall–Kier alpha value is -1.60. The van der Waals surface area contributed by atoms with Crippen molar-refractivity contribution >= 4 is 61.8 Å². The van der Waals surface area contributed by atoms with Gasteiger partial charge in [0.15, 0.2) is 0 Å². The van der Waals surface area contributed by atoms with Gasteiger partial charge in [0, 0.05) is 21.0 Å². The van der Waals surface area contributed by atoms with Crippen LogP contribution in [0.25, 0.3) is 11.3 Å². The second-order valence-electron chi connectivity index (χ2n) is 4.70. The minimum atomic E-state index is -0.125. The van der Waals surface area contributed by atoms with Gasteiger partial charge in [0.1, 0.15) is 10.8 Å². The SMILES string of the molecule is Oc1c(C=NNc2nc(-c3ccccc3)cs2)cc(Br)c(Cl)c1Cl. The largest absolute Gasteiger partial charge is 0.506 e. The molecular formula is C16H10BrCl2N3OS. The summed E-state index contributed by atoms with van der Waals surface area (Å²) in [6, 6.07) is 11.5. The van der Waals surface area contributed by atoms with Gasteiger partial charge in [-0.05, 0) is 22.0 Å². The van der Waals surface area contributed by atoms with Crippen LogP contribution in [-0.4, -0.2) is 16.3 Å². The van der Waals surface area contributed by atoms with Gasteiger partial charge in [-0.25, -0.2) is 4.98 Å². The summed E-state index contributed by atoms with van der Waals surface area (Å²) in [6.07, 6.45) is 1.45. The first-order valence-electron chi connectivity index (χ1n) is 6.72. The van der Waals surface area contributed by atoms with E-state index >= 15 is 0 Å². The summed E-state index contributed by atoms with van der Waals surface area (Å²) in [4.78, 5) is 4.46. The molecule has 122 valence electrons. The number of nitrogens with zero attached hydrogens (tertiary/aromatic N) is 2. The summed E-state index contributed by atoms with van der Waals surface area (Å²) in [7, 11) is 0. The highest BCUT2D eigenvalue weighted by molar-refractivity contribution is 9.10. The Balaban J connectivity index is 1.75. The highest BCUT2D eigenvalue weighted by atomic mass is 79.9. The van der Waals surface area contributed by atoms with Crippen LogP contribution in [0.1, 0.15) is 5.56 Å². The van der Waals surface area contributed by atoms with Crippen molar-refractivity contribution in [3.63, 3.8) is 0 Å². The van der Waals surface area contributed by atoms with E-state index in [-0.39, 0.29) is 15.8 Å². The second kappa shape index (κ2) is 7.53. The predicted octanol–water partition coefficient (Wildman–Crippen LogP) is 6.03. The van der Waals surface area contributed by atoms with Gasteiger partial charge >= 0.3 is 0 Å². The Bertz CT molecular complexity index is 900. The second-order valence-corrected chi connectivity index (χ2v) is 7.17. The highest BCUT2D eigenvalue weighted by Crippen LogP contribution is 2.38. The van der Waals surface area contributed by atoms with Gasteiger partial charge in [-0.15, -0.1) is 11.3 Å². The van der Waals surface area contributed by atoms with Crippen LogP contribution in [-0.2, 0) is 0 Å². The maximum absolute atomic E-state index is 9.98. The van der Waals surface area contributed by atoms with Crippen LogP contribution >= 0.6 is 50.5 Å². The molecule has 2 aromatic carbocycles. The number of aromatic nitrogens is 1. The molecule has 24 heavy (non-hydrogen) atoms. The maximum Gasteiger partial charge on any atom is 0.203 e. The normalized spacial score (nSPS) is 11.1. The van der Waals surface area contributed by atoms with Crippen molar-refractivity contribution in [3.8, 4) is 17.0 Å². The quantitative estimate of drug-likeness (QED) is 0.294. The van der Waals surface area contributed by atoms with E-state index in [0.29, 0.717) is 15.2 Å². The van der Waals surface area contributed by atoms with E-state index < -0.39 is 0 Å². The number of benzene rings is 2. The van der Waals surface area contributed by atoms with Crippen LogP contribution in [0.4, 0.5) is 5.13 Å². The first-order valence-corrected chi connectivity index (χ1v) is 9.15. The number of thiazole rings is 1. The van der Waals surface area contributed by atoms with E-state index in [2.05, 4.69) is 31.4 Å². The van der Waals surface area contributed by atoms with Crippen molar-refractivity contribution in [2.75, 3.05) is 5.43 Å². The topological polar surface area (TPSA) is 57.5 Å². The molecule has 0 bridgehead atoms. The summed E-state index contributed by atoms with van der Waals surface area (Å²) in [6.45, 7) is 0. The molecule has 0 fully saturated rings. The van der Waals surface area contributed by atoms with Crippen LogP contribution in [0.5, 0.6) is 5.75 Å². The van der Waals surface area contributed by atoms with Gasteiger partial charge in [-0.2, -0.15) is 5.10 Å². The fourth-order valence-electron chi connectivity index (χ4n) is 1.93. The highest BCUT2D eigenvalue weighted by Gasteiger charge is 2.12. The van der Waals surface area contributed by atoms with Gasteiger partial charge in [0.2, 0.25) is 5.13 Å². The fourth-order valence-corrected chi connectivity index (χ4v) is 3.51. The first-order chi connectivity index (χ1) is 11.6. The van der Waals surface area contributed by atoms with Gasteiger partial charge < -0.3 is 5.11 Å². The number of phenols is 1. The van der Waals surface area contributed by atoms with Crippen LogP contribution in [0, 0.1) is 0 Å². The van der Waals surface area contributed by atoms with Crippen molar-refractivity contribution in [2.45, 2.75) is 0 Å². The van der Waals surface area contributed by atoms with E-state index in [1.165, 1.54) is 17.6 Å². The van der Waals surface area contributed by atoms with E-state index in [1.54, 1.807) is 6.07 Å². The van der Waals surface area contributed by atoms with Crippen molar-refractivity contribution in [3.05, 3.63) is 61.9 Å². The number of nitrogens with one attached hydrogen (secondary N) is 1. The Kier molecular flexibility index (Phi) is 5.40. The van der Waals surface area contributed by atoms with Crippen LogP contribution < -0.4 is 5.43 Å². The lowest BCUT2D eigenvalue weighted by molar-refractivity contribution is 0.474. The number of hydrogen-bond acceptors (Lipinski definition) is 5. The average molecular weight is 443 g/mol. The number of anilines is 1. The molecule has 0 saturated heterocycles. The van der Waals surface area contributed by atoms with E-state index in [9.17, 15) is 5.11 Å². The molecule has 3 aromatic rings. The number of halogens is 3. The number of hydrazone groups is 1. The monoisotopic (exact) mass is 441 g/mol. The Morgan fingerprint density at radius 3 is 2.71 bits per heavy atom. The minimum Gasteiger partial charge on any atom is -0.506 e. The molecule has 0 atom stereocenters.